The van der Waals surface area contributed by atoms with Gasteiger partial charge < -0.3 is 13.9 Å². The Balaban J connectivity index is 2.83. The molecule has 0 saturated carbocycles. The summed E-state index contributed by atoms with van der Waals surface area (Å²) in [6.07, 6.45) is -1.97. The Kier molecular flexibility index (Phi) is 5.70. The predicted octanol–water partition coefficient (Wildman–Crippen LogP) is 2.37. The molecule has 0 aliphatic carbocycles. The summed E-state index contributed by atoms with van der Waals surface area (Å²) in [5, 5.41) is 0. The van der Waals surface area contributed by atoms with Gasteiger partial charge in [-0.05, 0) is 13.3 Å². The van der Waals surface area contributed by atoms with E-state index in [1.54, 1.807) is 6.92 Å². The third-order valence-corrected chi connectivity index (χ3v) is 2.10. The molecule has 0 aromatic carbocycles. The first kappa shape index (κ1) is 14.6. The maximum absolute atomic E-state index is 12.7. The van der Waals surface area contributed by atoms with Crippen molar-refractivity contribution in [3.05, 3.63) is 17.3 Å². The SMILES string of the molecule is CCOC(=O)c1oc(CCCOC)nc1C(F)F. The molecule has 102 valence electrons. The summed E-state index contributed by atoms with van der Waals surface area (Å²) >= 11 is 0. The lowest BCUT2D eigenvalue weighted by Crippen LogP contribution is -2.06. The van der Waals surface area contributed by atoms with Crippen LogP contribution in [0.2, 0.25) is 0 Å². The van der Waals surface area contributed by atoms with E-state index in [1.807, 2.05) is 0 Å². The Morgan fingerprint density at radius 2 is 2.22 bits per heavy atom. The van der Waals surface area contributed by atoms with E-state index in [0.717, 1.165) is 0 Å². The second-order valence-electron chi connectivity index (χ2n) is 3.44. The van der Waals surface area contributed by atoms with Gasteiger partial charge in [0.15, 0.2) is 11.6 Å². The minimum Gasteiger partial charge on any atom is -0.460 e. The maximum atomic E-state index is 12.7. The van der Waals surface area contributed by atoms with Crippen LogP contribution in [0.5, 0.6) is 0 Å². The molecule has 0 atom stereocenters. The molecule has 0 radical (unpaired) electrons. The summed E-state index contributed by atoms with van der Waals surface area (Å²) in [6.45, 7) is 2.12. The highest BCUT2D eigenvalue weighted by Crippen LogP contribution is 2.24. The number of rotatable bonds is 7. The second kappa shape index (κ2) is 7.05. The average molecular weight is 263 g/mol. The van der Waals surface area contributed by atoms with Crippen LogP contribution in [0.25, 0.3) is 0 Å². The predicted molar refractivity (Wildman–Crippen MR) is 57.6 cm³/mol. The van der Waals surface area contributed by atoms with Crippen LogP contribution in [0.3, 0.4) is 0 Å². The van der Waals surface area contributed by atoms with Gasteiger partial charge in [-0.15, -0.1) is 0 Å². The topological polar surface area (TPSA) is 61.6 Å². The van der Waals surface area contributed by atoms with Gasteiger partial charge in [0.2, 0.25) is 5.76 Å². The monoisotopic (exact) mass is 263 g/mol. The quantitative estimate of drug-likeness (QED) is 0.558. The molecule has 1 aromatic heterocycles. The zero-order valence-electron chi connectivity index (χ0n) is 10.2. The van der Waals surface area contributed by atoms with Gasteiger partial charge in [0.1, 0.15) is 0 Å². The molecule has 0 spiro atoms. The summed E-state index contributed by atoms with van der Waals surface area (Å²) < 4.78 is 39.8. The first-order chi connectivity index (χ1) is 8.60. The van der Waals surface area contributed by atoms with E-state index in [4.69, 9.17) is 9.15 Å². The number of nitrogens with zero attached hydrogens (tertiary/aromatic N) is 1. The van der Waals surface area contributed by atoms with E-state index < -0.39 is 23.8 Å². The summed E-state index contributed by atoms with van der Waals surface area (Å²) in [6, 6.07) is 0. The van der Waals surface area contributed by atoms with E-state index >= 15 is 0 Å². The Morgan fingerprint density at radius 3 is 2.78 bits per heavy atom. The Labute approximate surface area is 103 Å². The standard InChI is InChI=1S/C11H15F2NO4/c1-3-17-11(15)9-8(10(12)13)14-7(18-9)5-4-6-16-2/h10H,3-6H2,1-2H3. The number of hydrogen-bond donors (Lipinski definition) is 0. The number of oxazole rings is 1. The number of halogens is 2. The minimum absolute atomic E-state index is 0.0845. The molecule has 0 amide bonds. The molecule has 0 saturated heterocycles. The van der Waals surface area contributed by atoms with Crippen LogP contribution in [0.15, 0.2) is 4.42 Å². The number of aryl methyl sites for hydroxylation is 1. The van der Waals surface area contributed by atoms with E-state index in [-0.39, 0.29) is 12.5 Å². The fourth-order valence-electron chi connectivity index (χ4n) is 1.34. The lowest BCUT2D eigenvalue weighted by Gasteiger charge is -1.99. The number of carbonyl (C=O) groups excluding carboxylic acids is 1. The zero-order chi connectivity index (χ0) is 13.5. The third kappa shape index (κ3) is 3.76. The Morgan fingerprint density at radius 1 is 1.50 bits per heavy atom. The van der Waals surface area contributed by atoms with Crippen LogP contribution in [-0.2, 0) is 15.9 Å². The number of carbonyl (C=O) groups is 1. The fraction of sp³-hybridized carbons (Fsp3) is 0.636. The molecule has 5 nitrogen and oxygen atoms in total. The molecule has 0 aliphatic rings. The van der Waals surface area contributed by atoms with Gasteiger partial charge in [-0.3, -0.25) is 0 Å². The highest BCUT2D eigenvalue weighted by atomic mass is 19.3. The van der Waals surface area contributed by atoms with E-state index in [9.17, 15) is 13.6 Å². The van der Waals surface area contributed by atoms with Gasteiger partial charge in [0.25, 0.3) is 6.43 Å². The minimum atomic E-state index is -2.87. The van der Waals surface area contributed by atoms with Gasteiger partial charge in [-0.25, -0.2) is 18.6 Å². The molecule has 0 N–H and O–H groups in total. The molecule has 0 fully saturated rings. The number of methoxy groups -OCH3 is 1. The number of aromatic nitrogens is 1. The molecular weight excluding hydrogens is 248 g/mol. The van der Waals surface area contributed by atoms with Crippen LogP contribution in [-0.4, -0.2) is 31.3 Å². The number of alkyl halides is 2. The number of hydrogen-bond acceptors (Lipinski definition) is 5. The fourth-order valence-corrected chi connectivity index (χ4v) is 1.34. The van der Waals surface area contributed by atoms with Crippen molar-refractivity contribution >= 4 is 5.97 Å². The van der Waals surface area contributed by atoms with Gasteiger partial charge in [0, 0.05) is 20.1 Å². The second-order valence-corrected chi connectivity index (χ2v) is 3.44. The number of esters is 1. The van der Waals surface area contributed by atoms with Gasteiger partial charge in [-0.2, -0.15) is 0 Å². The smallest absolute Gasteiger partial charge is 0.376 e. The summed E-state index contributed by atoms with van der Waals surface area (Å²) in [4.78, 5) is 15.0. The molecule has 1 heterocycles. The van der Waals surface area contributed by atoms with Crippen LogP contribution in [0.4, 0.5) is 8.78 Å². The van der Waals surface area contributed by atoms with Crippen molar-refractivity contribution in [3.8, 4) is 0 Å². The lowest BCUT2D eigenvalue weighted by molar-refractivity contribution is 0.0473. The van der Waals surface area contributed by atoms with Crippen molar-refractivity contribution in [3.63, 3.8) is 0 Å². The van der Waals surface area contributed by atoms with E-state index in [1.165, 1.54) is 7.11 Å². The van der Waals surface area contributed by atoms with Crippen molar-refractivity contribution in [2.45, 2.75) is 26.2 Å². The first-order valence-corrected chi connectivity index (χ1v) is 5.54. The van der Waals surface area contributed by atoms with Gasteiger partial charge in [-0.1, -0.05) is 0 Å². The van der Waals surface area contributed by atoms with Crippen LogP contribution in [0, 0.1) is 0 Å². The summed E-state index contributed by atoms with van der Waals surface area (Å²) in [5.41, 5.74) is -0.666. The third-order valence-electron chi connectivity index (χ3n) is 2.10. The summed E-state index contributed by atoms with van der Waals surface area (Å²) in [5.74, 6) is -1.34. The van der Waals surface area contributed by atoms with Crippen molar-refractivity contribution in [2.75, 3.05) is 20.3 Å². The van der Waals surface area contributed by atoms with Crippen molar-refractivity contribution in [1.82, 2.24) is 4.98 Å². The average Bonchev–Trinajstić information content (AvgIpc) is 2.74. The first-order valence-electron chi connectivity index (χ1n) is 5.54. The molecule has 18 heavy (non-hydrogen) atoms. The van der Waals surface area contributed by atoms with Crippen LogP contribution in [0.1, 0.15) is 41.9 Å². The Hall–Kier alpha value is -1.50. The molecule has 0 aliphatic heterocycles. The maximum Gasteiger partial charge on any atom is 0.376 e. The van der Waals surface area contributed by atoms with Crippen molar-refractivity contribution in [1.29, 1.82) is 0 Å². The van der Waals surface area contributed by atoms with E-state index in [2.05, 4.69) is 9.72 Å². The molecule has 7 heteroatoms. The lowest BCUT2D eigenvalue weighted by atomic mass is 10.3. The number of ether oxygens (including phenoxy) is 2. The highest BCUT2D eigenvalue weighted by molar-refractivity contribution is 5.87. The molecule has 0 unspecified atom stereocenters. The molecule has 1 aromatic rings. The summed E-state index contributed by atoms with van der Waals surface area (Å²) in [7, 11) is 1.53. The van der Waals surface area contributed by atoms with Gasteiger partial charge >= 0.3 is 5.97 Å². The normalized spacial score (nSPS) is 10.9. The van der Waals surface area contributed by atoms with Gasteiger partial charge in [0.05, 0.1) is 6.61 Å². The molecular formula is C11H15F2NO4. The van der Waals surface area contributed by atoms with E-state index in [0.29, 0.717) is 19.4 Å². The van der Waals surface area contributed by atoms with Crippen LogP contribution >= 0.6 is 0 Å². The van der Waals surface area contributed by atoms with Crippen LogP contribution < -0.4 is 0 Å². The zero-order valence-corrected chi connectivity index (χ0v) is 10.2. The highest BCUT2D eigenvalue weighted by Gasteiger charge is 2.27. The van der Waals surface area contributed by atoms with Crippen molar-refractivity contribution in [2.24, 2.45) is 0 Å². The molecule has 0 bridgehead atoms. The largest absolute Gasteiger partial charge is 0.460 e. The Bertz CT molecular complexity index is 392. The molecule has 1 rings (SSSR count). The van der Waals surface area contributed by atoms with Crippen molar-refractivity contribution < 1.29 is 27.5 Å².